The average molecular weight is 438 g/mol. The van der Waals surface area contributed by atoms with Gasteiger partial charge in [0.1, 0.15) is 5.57 Å². The number of carbonyl (C=O) groups excluding carboxylic acids is 1. The van der Waals surface area contributed by atoms with Gasteiger partial charge < -0.3 is 14.9 Å². The summed E-state index contributed by atoms with van der Waals surface area (Å²) in [7, 11) is 0. The van der Waals surface area contributed by atoms with E-state index in [2.05, 4.69) is 18.8 Å². The number of aliphatic hydroxyl groups excluding tert-OH is 2. The van der Waals surface area contributed by atoms with Crippen LogP contribution >= 0.6 is 0 Å². The van der Waals surface area contributed by atoms with E-state index in [-0.39, 0.29) is 11.3 Å². The van der Waals surface area contributed by atoms with E-state index in [1.165, 1.54) is 70.6 Å². The highest BCUT2D eigenvalue weighted by Gasteiger charge is 2.36. The van der Waals surface area contributed by atoms with Gasteiger partial charge in [-0.3, -0.25) is 4.99 Å². The van der Waals surface area contributed by atoms with Gasteiger partial charge >= 0.3 is 5.97 Å². The Morgan fingerprint density at radius 3 is 1.77 bits per heavy atom. The van der Waals surface area contributed by atoms with Gasteiger partial charge in [0.15, 0.2) is 11.9 Å². The van der Waals surface area contributed by atoms with E-state index >= 15 is 0 Å². The first-order valence-corrected chi connectivity index (χ1v) is 12.9. The molecule has 2 N–H and O–H groups in total. The molecule has 0 radical (unpaired) electrons. The number of hydrogen-bond acceptors (Lipinski definition) is 5. The quantitative estimate of drug-likeness (QED) is 0.124. The van der Waals surface area contributed by atoms with Gasteiger partial charge in [-0.15, -0.1) is 0 Å². The highest BCUT2D eigenvalue weighted by Crippen LogP contribution is 2.24. The summed E-state index contributed by atoms with van der Waals surface area (Å²) in [6, 6.07) is 0. The maximum Gasteiger partial charge on any atom is 0.344 e. The lowest BCUT2D eigenvalue weighted by atomic mass is 10.0. The predicted octanol–water partition coefficient (Wildman–Crippen LogP) is 6.83. The number of nitrogens with zero attached hydrogens (tertiary/aromatic N) is 1. The number of hydrogen-bond donors (Lipinski definition) is 2. The second kappa shape index (κ2) is 18.2. The minimum absolute atomic E-state index is 0.156. The molecule has 1 aliphatic heterocycles. The van der Waals surface area contributed by atoms with Crippen molar-refractivity contribution in [2.75, 3.05) is 13.2 Å². The molecule has 0 aromatic carbocycles. The van der Waals surface area contributed by atoms with E-state index in [9.17, 15) is 15.0 Å². The van der Waals surface area contributed by atoms with Crippen molar-refractivity contribution in [2.45, 2.75) is 129 Å². The zero-order valence-corrected chi connectivity index (χ0v) is 20.2. The van der Waals surface area contributed by atoms with Crippen LogP contribution in [0.25, 0.3) is 0 Å². The third-order valence-electron chi connectivity index (χ3n) is 6.05. The molecular weight excluding hydrogens is 390 g/mol. The molecule has 5 nitrogen and oxygen atoms in total. The van der Waals surface area contributed by atoms with E-state index in [0.717, 1.165) is 32.1 Å². The van der Waals surface area contributed by atoms with Crippen LogP contribution in [0.15, 0.2) is 16.3 Å². The van der Waals surface area contributed by atoms with Gasteiger partial charge in [-0.1, -0.05) is 104 Å². The number of aliphatic imine (C=N–C) groups is 1. The van der Waals surface area contributed by atoms with Gasteiger partial charge in [0, 0.05) is 6.54 Å². The zero-order valence-electron chi connectivity index (χ0n) is 20.2. The molecule has 0 saturated carbocycles. The number of ether oxygens (including phenoxy) is 1. The minimum Gasteiger partial charge on any atom is -0.507 e. The third-order valence-corrected chi connectivity index (χ3v) is 6.05. The molecule has 0 aromatic heterocycles. The number of cyclic esters (lactones) is 1. The van der Waals surface area contributed by atoms with Crippen LogP contribution in [0.3, 0.4) is 0 Å². The minimum atomic E-state index is -0.935. The molecule has 0 bridgehead atoms. The van der Waals surface area contributed by atoms with E-state index in [4.69, 9.17) is 4.74 Å². The number of aliphatic hydroxyl groups is 2. The van der Waals surface area contributed by atoms with Crippen molar-refractivity contribution < 1.29 is 19.7 Å². The van der Waals surface area contributed by atoms with Gasteiger partial charge in [-0.05, 0) is 19.3 Å². The number of rotatable bonds is 20. The second-order valence-electron chi connectivity index (χ2n) is 8.86. The molecule has 0 fully saturated rings. The summed E-state index contributed by atoms with van der Waals surface area (Å²) in [4.78, 5) is 16.8. The number of carbonyl (C=O) groups is 1. The maximum atomic E-state index is 12.2. The van der Waals surface area contributed by atoms with E-state index in [1.807, 2.05) is 0 Å². The molecule has 1 atom stereocenters. The van der Waals surface area contributed by atoms with Gasteiger partial charge in [0.05, 0.1) is 12.3 Å². The highest BCUT2D eigenvalue weighted by atomic mass is 16.6. The first-order valence-electron chi connectivity index (χ1n) is 12.9. The summed E-state index contributed by atoms with van der Waals surface area (Å²) in [6.07, 6.45) is 19.7. The lowest BCUT2D eigenvalue weighted by molar-refractivity contribution is -0.141. The molecule has 0 aromatic rings. The standard InChI is InChI=1S/C26H47NO4/c1-3-5-7-8-9-10-11-12-13-14-15-16-17-19-22(27-20-18-6-4-2)24-25(29)23(21-28)31-26(24)30/h23,28-29H,3-21H2,1-2H3. The molecular formula is C26H47NO4. The van der Waals surface area contributed by atoms with Gasteiger partial charge in [-0.2, -0.15) is 0 Å². The lowest BCUT2D eigenvalue weighted by Gasteiger charge is -2.07. The van der Waals surface area contributed by atoms with Crippen molar-refractivity contribution in [1.82, 2.24) is 0 Å². The van der Waals surface area contributed by atoms with Crippen molar-refractivity contribution in [3.05, 3.63) is 11.3 Å². The molecule has 180 valence electrons. The Balaban J connectivity index is 2.28. The Labute approximate surface area is 190 Å². The van der Waals surface area contributed by atoms with E-state index in [1.54, 1.807) is 0 Å². The molecule has 1 aliphatic rings. The van der Waals surface area contributed by atoms with Crippen molar-refractivity contribution in [3.8, 4) is 0 Å². The summed E-state index contributed by atoms with van der Waals surface area (Å²) < 4.78 is 5.07. The van der Waals surface area contributed by atoms with Crippen molar-refractivity contribution in [2.24, 2.45) is 4.99 Å². The van der Waals surface area contributed by atoms with Crippen molar-refractivity contribution in [3.63, 3.8) is 0 Å². The maximum absolute atomic E-state index is 12.2. The number of unbranched alkanes of at least 4 members (excludes halogenated alkanes) is 14. The van der Waals surface area contributed by atoms with Crippen LogP contribution in [-0.4, -0.2) is 41.1 Å². The Morgan fingerprint density at radius 1 is 0.806 bits per heavy atom. The van der Waals surface area contributed by atoms with Crippen LogP contribution in [0.5, 0.6) is 0 Å². The molecule has 0 amide bonds. The van der Waals surface area contributed by atoms with Gasteiger partial charge in [0.2, 0.25) is 0 Å². The summed E-state index contributed by atoms with van der Waals surface area (Å²) in [6.45, 7) is 4.67. The van der Waals surface area contributed by atoms with Crippen LogP contribution in [0.4, 0.5) is 0 Å². The van der Waals surface area contributed by atoms with Crippen LogP contribution < -0.4 is 0 Å². The monoisotopic (exact) mass is 437 g/mol. The van der Waals surface area contributed by atoms with Crippen LogP contribution in [0.1, 0.15) is 123 Å². The fourth-order valence-electron chi connectivity index (χ4n) is 4.07. The Bertz CT molecular complexity index is 542. The molecule has 1 heterocycles. The molecule has 5 heteroatoms. The largest absolute Gasteiger partial charge is 0.507 e. The topological polar surface area (TPSA) is 79.1 Å². The summed E-state index contributed by atoms with van der Waals surface area (Å²) >= 11 is 0. The smallest absolute Gasteiger partial charge is 0.344 e. The predicted molar refractivity (Wildman–Crippen MR) is 129 cm³/mol. The number of esters is 1. The molecule has 31 heavy (non-hydrogen) atoms. The third kappa shape index (κ3) is 11.7. The molecule has 0 spiro atoms. The van der Waals surface area contributed by atoms with Crippen molar-refractivity contribution in [1.29, 1.82) is 0 Å². The first kappa shape index (κ1) is 27.7. The molecule has 1 rings (SSSR count). The zero-order chi connectivity index (χ0) is 22.7. The van der Waals surface area contributed by atoms with Gasteiger partial charge in [-0.25, -0.2) is 4.79 Å². The fourth-order valence-corrected chi connectivity index (χ4v) is 4.07. The Morgan fingerprint density at radius 2 is 1.29 bits per heavy atom. The average Bonchev–Trinajstić information content (AvgIpc) is 3.06. The molecule has 0 aliphatic carbocycles. The first-order chi connectivity index (χ1) is 15.2. The fraction of sp³-hybridized carbons (Fsp3) is 0.846. The molecule has 0 saturated heterocycles. The van der Waals surface area contributed by atoms with Crippen molar-refractivity contribution >= 4 is 11.7 Å². The second-order valence-corrected chi connectivity index (χ2v) is 8.86. The molecule has 1 unspecified atom stereocenters. The summed E-state index contributed by atoms with van der Waals surface area (Å²) in [5, 5.41) is 19.6. The van der Waals surface area contributed by atoms with Crippen LogP contribution in [0.2, 0.25) is 0 Å². The van der Waals surface area contributed by atoms with E-state index < -0.39 is 18.7 Å². The normalized spacial score (nSPS) is 16.9. The lowest BCUT2D eigenvalue weighted by Crippen LogP contribution is -2.15. The highest BCUT2D eigenvalue weighted by molar-refractivity contribution is 6.21. The Kier molecular flexibility index (Phi) is 16.3. The Hall–Kier alpha value is -1.36. The summed E-state index contributed by atoms with van der Waals surface area (Å²) in [5.74, 6) is -0.711. The summed E-state index contributed by atoms with van der Waals surface area (Å²) in [5.41, 5.74) is 0.840. The van der Waals surface area contributed by atoms with Gasteiger partial charge in [0.25, 0.3) is 0 Å². The van der Waals surface area contributed by atoms with Crippen LogP contribution in [-0.2, 0) is 9.53 Å². The van der Waals surface area contributed by atoms with Crippen LogP contribution in [0, 0.1) is 0 Å². The SMILES string of the molecule is CCCCCCCCCCCCCCCC(=NCCCCC)C1=C(O)C(CO)OC1=O. The van der Waals surface area contributed by atoms with E-state index in [0.29, 0.717) is 18.7 Å².